The molecular weight excluding hydrogens is 382 g/mol. The first-order chi connectivity index (χ1) is 12.1. The number of halogens is 5. The van der Waals surface area contributed by atoms with Crippen molar-refractivity contribution in [3.8, 4) is 0 Å². The zero-order valence-electron chi connectivity index (χ0n) is 12.9. The number of nitrogens with zero attached hydrogens (tertiary/aromatic N) is 2. The van der Waals surface area contributed by atoms with Gasteiger partial charge in [0.15, 0.2) is 5.69 Å². The van der Waals surface area contributed by atoms with E-state index in [-0.39, 0.29) is 10.6 Å². The Balaban J connectivity index is 2.12. The molecule has 1 amide bonds. The van der Waals surface area contributed by atoms with Gasteiger partial charge in [-0.2, -0.15) is 18.3 Å². The summed E-state index contributed by atoms with van der Waals surface area (Å²) in [5.74, 6) is -2.84. The first-order valence-corrected chi connectivity index (χ1v) is 7.51. The molecule has 0 spiro atoms. The number of hydrogen-bond donors (Lipinski definition) is 2. The van der Waals surface area contributed by atoms with E-state index in [1.54, 1.807) is 0 Å². The van der Waals surface area contributed by atoms with Crippen LogP contribution >= 0.6 is 11.6 Å². The van der Waals surface area contributed by atoms with E-state index < -0.39 is 48.6 Å². The Hall–Kier alpha value is -2.62. The van der Waals surface area contributed by atoms with Crippen LogP contribution in [-0.4, -0.2) is 26.8 Å². The molecule has 0 bridgehead atoms. The number of alkyl halides is 3. The average Bonchev–Trinajstić information content (AvgIpc) is 2.97. The van der Waals surface area contributed by atoms with Gasteiger partial charge in [0.2, 0.25) is 5.91 Å². The van der Waals surface area contributed by atoms with Crippen molar-refractivity contribution in [2.75, 3.05) is 0 Å². The number of aromatic nitrogens is 2. The lowest BCUT2D eigenvalue weighted by atomic mass is 10.0. The van der Waals surface area contributed by atoms with Crippen molar-refractivity contribution in [1.82, 2.24) is 15.1 Å². The van der Waals surface area contributed by atoms with Gasteiger partial charge in [-0.05, 0) is 23.8 Å². The molecule has 1 atom stereocenters. The molecule has 11 heteroatoms. The molecular formula is C15H12ClF4N3O3. The van der Waals surface area contributed by atoms with Crippen LogP contribution in [0.25, 0.3) is 0 Å². The molecule has 2 aromatic rings. The Labute approximate surface area is 149 Å². The summed E-state index contributed by atoms with van der Waals surface area (Å²) < 4.78 is 51.8. The van der Waals surface area contributed by atoms with Crippen LogP contribution in [0.4, 0.5) is 17.6 Å². The van der Waals surface area contributed by atoms with Crippen LogP contribution in [0.2, 0.25) is 5.02 Å². The van der Waals surface area contributed by atoms with E-state index >= 15 is 0 Å². The van der Waals surface area contributed by atoms with Crippen LogP contribution in [0, 0.1) is 5.82 Å². The van der Waals surface area contributed by atoms with Gasteiger partial charge < -0.3 is 10.4 Å². The van der Waals surface area contributed by atoms with E-state index in [1.165, 1.54) is 12.1 Å². The van der Waals surface area contributed by atoms with Gasteiger partial charge >= 0.3 is 12.1 Å². The third-order valence-corrected chi connectivity index (χ3v) is 3.60. The summed E-state index contributed by atoms with van der Waals surface area (Å²) in [5.41, 5.74) is -1.01. The maximum Gasteiger partial charge on any atom is 0.435 e. The minimum Gasteiger partial charge on any atom is -0.481 e. The molecule has 0 fully saturated rings. The fourth-order valence-corrected chi connectivity index (χ4v) is 2.26. The number of benzene rings is 1. The van der Waals surface area contributed by atoms with E-state index in [1.807, 2.05) is 0 Å². The van der Waals surface area contributed by atoms with Gasteiger partial charge in [-0.25, -0.2) is 4.39 Å². The molecule has 0 saturated heterocycles. The predicted molar refractivity (Wildman–Crippen MR) is 81.8 cm³/mol. The average molecular weight is 394 g/mol. The monoisotopic (exact) mass is 393 g/mol. The molecule has 0 radical (unpaired) electrons. The Morgan fingerprint density at radius 2 is 2.00 bits per heavy atom. The highest BCUT2D eigenvalue weighted by atomic mass is 35.5. The summed E-state index contributed by atoms with van der Waals surface area (Å²) in [6.07, 6.45) is -4.23. The standard InChI is InChI=1S/C15H12ClF4N3O3/c16-9-2-1-8(5-10(9)17)11(6-14(25)26)21-13(24)7-23-4-3-12(22-23)15(18,19)20/h1-5,11H,6-7H2,(H,21,24)(H,25,26). The molecule has 0 aliphatic carbocycles. The van der Waals surface area contributed by atoms with Crippen LogP contribution in [0.5, 0.6) is 0 Å². The molecule has 1 unspecified atom stereocenters. The highest BCUT2D eigenvalue weighted by molar-refractivity contribution is 6.30. The SMILES string of the molecule is O=C(O)CC(NC(=O)Cn1ccc(C(F)(F)F)n1)c1ccc(Cl)c(F)c1. The molecule has 2 N–H and O–H groups in total. The number of hydrogen-bond acceptors (Lipinski definition) is 3. The van der Waals surface area contributed by atoms with Crippen molar-refractivity contribution >= 4 is 23.5 Å². The van der Waals surface area contributed by atoms with E-state index in [0.29, 0.717) is 6.07 Å². The summed E-state index contributed by atoms with van der Waals surface area (Å²) in [7, 11) is 0. The number of amides is 1. The molecule has 0 aliphatic heterocycles. The van der Waals surface area contributed by atoms with E-state index in [2.05, 4.69) is 10.4 Å². The lowest BCUT2D eigenvalue weighted by Gasteiger charge is -2.18. The zero-order chi connectivity index (χ0) is 19.5. The predicted octanol–water partition coefficient (Wildman–Crippen LogP) is 3.03. The number of aliphatic carboxylic acids is 1. The molecule has 1 aromatic carbocycles. The summed E-state index contributed by atoms with van der Waals surface area (Å²) >= 11 is 5.56. The Bertz CT molecular complexity index is 823. The second-order valence-corrected chi connectivity index (χ2v) is 5.70. The van der Waals surface area contributed by atoms with Crippen molar-refractivity contribution < 1.29 is 32.3 Å². The number of carbonyl (C=O) groups excluding carboxylic acids is 1. The topological polar surface area (TPSA) is 84.2 Å². The fourth-order valence-electron chi connectivity index (χ4n) is 2.14. The molecule has 26 heavy (non-hydrogen) atoms. The summed E-state index contributed by atoms with van der Waals surface area (Å²) in [6, 6.07) is 3.14. The van der Waals surface area contributed by atoms with Crippen molar-refractivity contribution in [2.45, 2.75) is 25.2 Å². The maximum absolute atomic E-state index is 13.6. The van der Waals surface area contributed by atoms with E-state index in [4.69, 9.17) is 16.7 Å². The van der Waals surface area contributed by atoms with Crippen molar-refractivity contribution in [3.63, 3.8) is 0 Å². The largest absolute Gasteiger partial charge is 0.481 e. The van der Waals surface area contributed by atoms with Crippen molar-refractivity contribution in [2.24, 2.45) is 0 Å². The van der Waals surface area contributed by atoms with Crippen LogP contribution in [-0.2, 0) is 22.3 Å². The molecule has 0 aliphatic rings. The van der Waals surface area contributed by atoms with E-state index in [9.17, 15) is 27.2 Å². The van der Waals surface area contributed by atoms with Crippen LogP contribution in [0.1, 0.15) is 23.7 Å². The highest BCUT2D eigenvalue weighted by Gasteiger charge is 2.33. The third-order valence-electron chi connectivity index (χ3n) is 3.30. The summed E-state index contributed by atoms with van der Waals surface area (Å²) in [6.45, 7) is -0.567. The smallest absolute Gasteiger partial charge is 0.435 e. The highest BCUT2D eigenvalue weighted by Crippen LogP contribution is 2.27. The van der Waals surface area contributed by atoms with Gasteiger partial charge in [-0.1, -0.05) is 17.7 Å². The first kappa shape index (κ1) is 19.7. The van der Waals surface area contributed by atoms with Gasteiger partial charge in [0, 0.05) is 6.20 Å². The molecule has 1 heterocycles. The Morgan fingerprint density at radius 1 is 1.31 bits per heavy atom. The lowest BCUT2D eigenvalue weighted by Crippen LogP contribution is -2.33. The maximum atomic E-state index is 13.6. The van der Waals surface area contributed by atoms with E-state index in [0.717, 1.165) is 16.9 Å². The normalized spacial score (nSPS) is 12.7. The summed E-state index contributed by atoms with van der Waals surface area (Å²) in [4.78, 5) is 23.0. The fraction of sp³-hybridized carbons (Fsp3) is 0.267. The molecule has 1 aromatic heterocycles. The van der Waals surface area contributed by atoms with Gasteiger partial charge in [-0.3, -0.25) is 14.3 Å². The first-order valence-electron chi connectivity index (χ1n) is 7.13. The molecule has 6 nitrogen and oxygen atoms in total. The van der Waals surface area contributed by atoms with Crippen molar-refractivity contribution in [3.05, 3.63) is 52.6 Å². The number of carboxylic acids is 1. The van der Waals surface area contributed by atoms with Crippen LogP contribution in [0.15, 0.2) is 30.5 Å². The zero-order valence-corrected chi connectivity index (χ0v) is 13.7. The number of nitrogens with one attached hydrogen (secondary N) is 1. The third kappa shape index (κ3) is 5.19. The molecule has 2 rings (SSSR count). The second kappa shape index (κ2) is 7.73. The number of carbonyl (C=O) groups is 2. The minimum atomic E-state index is -4.64. The number of carboxylic acid groups (broad SMARTS) is 1. The summed E-state index contributed by atoms with van der Waals surface area (Å²) in [5, 5.41) is 14.3. The van der Waals surface area contributed by atoms with Crippen LogP contribution < -0.4 is 5.32 Å². The molecule has 140 valence electrons. The lowest BCUT2D eigenvalue weighted by molar-refractivity contribution is -0.142. The van der Waals surface area contributed by atoms with Gasteiger partial charge in [-0.15, -0.1) is 0 Å². The quantitative estimate of drug-likeness (QED) is 0.739. The molecule has 0 saturated carbocycles. The Morgan fingerprint density at radius 3 is 2.54 bits per heavy atom. The van der Waals surface area contributed by atoms with Gasteiger partial charge in [0.25, 0.3) is 0 Å². The second-order valence-electron chi connectivity index (χ2n) is 5.29. The number of rotatable bonds is 6. The Kier molecular flexibility index (Phi) is 5.86. The van der Waals surface area contributed by atoms with Crippen LogP contribution in [0.3, 0.4) is 0 Å². The van der Waals surface area contributed by atoms with Gasteiger partial charge in [0.1, 0.15) is 12.4 Å². The van der Waals surface area contributed by atoms with Gasteiger partial charge in [0.05, 0.1) is 17.5 Å². The van der Waals surface area contributed by atoms with Crippen molar-refractivity contribution in [1.29, 1.82) is 0 Å². The minimum absolute atomic E-state index is 0.152.